The summed E-state index contributed by atoms with van der Waals surface area (Å²) < 4.78 is 6.05. The number of rotatable bonds is 4. The molecule has 0 unspecified atom stereocenters. The molecule has 0 aliphatic carbocycles. The second-order valence-corrected chi connectivity index (χ2v) is 7.49. The summed E-state index contributed by atoms with van der Waals surface area (Å²) in [5, 5.41) is 5.84. The van der Waals surface area contributed by atoms with Crippen molar-refractivity contribution in [2.75, 3.05) is 31.5 Å². The Morgan fingerprint density at radius 1 is 1.14 bits per heavy atom. The second-order valence-electron chi connectivity index (χ2n) is 7.49. The van der Waals surface area contributed by atoms with E-state index in [0.717, 1.165) is 16.8 Å². The third-order valence-electron chi connectivity index (χ3n) is 5.28. The molecular weight excluding hydrogens is 368 g/mol. The van der Waals surface area contributed by atoms with Crippen molar-refractivity contribution in [1.82, 2.24) is 15.1 Å². The number of nitrogens with zero attached hydrogens (tertiary/aromatic N) is 2. The minimum Gasteiger partial charge on any atom is -0.367 e. The Morgan fingerprint density at radius 2 is 1.90 bits per heavy atom. The Kier molecular flexibility index (Phi) is 5.67. The van der Waals surface area contributed by atoms with Gasteiger partial charge in [-0.25, -0.2) is 9.59 Å². The maximum absolute atomic E-state index is 13.0. The van der Waals surface area contributed by atoms with Gasteiger partial charge in [0.1, 0.15) is 6.10 Å². The summed E-state index contributed by atoms with van der Waals surface area (Å²) in [6.45, 7) is 4.80. The number of amides is 4. The molecule has 2 atom stereocenters. The van der Waals surface area contributed by atoms with E-state index in [0.29, 0.717) is 32.7 Å². The van der Waals surface area contributed by atoms with E-state index < -0.39 is 0 Å². The maximum Gasteiger partial charge on any atom is 0.322 e. The molecule has 0 saturated carbocycles. The van der Waals surface area contributed by atoms with Crippen LogP contribution in [0.2, 0.25) is 0 Å². The van der Waals surface area contributed by atoms with Crippen LogP contribution in [0.3, 0.4) is 0 Å². The Morgan fingerprint density at radius 3 is 2.66 bits per heavy atom. The number of hydrogen-bond acceptors (Lipinski definition) is 3. The van der Waals surface area contributed by atoms with Gasteiger partial charge in [0.2, 0.25) is 0 Å². The number of ether oxygens (including phenoxy) is 1. The van der Waals surface area contributed by atoms with Crippen LogP contribution in [0.1, 0.15) is 24.2 Å². The van der Waals surface area contributed by atoms with Crippen LogP contribution >= 0.6 is 0 Å². The molecular formula is C22H26N4O3. The van der Waals surface area contributed by atoms with Gasteiger partial charge in [0.25, 0.3) is 0 Å². The zero-order valence-electron chi connectivity index (χ0n) is 16.5. The van der Waals surface area contributed by atoms with Gasteiger partial charge < -0.3 is 25.2 Å². The van der Waals surface area contributed by atoms with Gasteiger partial charge in [-0.05, 0) is 24.1 Å². The van der Waals surface area contributed by atoms with Gasteiger partial charge in [0.15, 0.2) is 0 Å². The summed E-state index contributed by atoms with van der Waals surface area (Å²) in [6, 6.07) is 17.4. The fourth-order valence-electron chi connectivity index (χ4n) is 3.81. The molecule has 2 N–H and O–H groups in total. The summed E-state index contributed by atoms with van der Waals surface area (Å²) in [5.41, 5.74) is 2.71. The van der Waals surface area contributed by atoms with Gasteiger partial charge in [-0.1, -0.05) is 48.5 Å². The van der Waals surface area contributed by atoms with Crippen molar-refractivity contribution >= 4 is 17.7 Å². The number of anilines is 1. The van der Waals surface area contributed by atoms with Gasteiger partial charge >= 0.3 is 12.1 Å². The number of carbonyl (C=O) groups is 2. The summed E-state index contributed by atoms with van der Waals surface area (Å²) in [7, 11) is 0. The normalized spacial score (nSPS) is 21.8. The van der Waals surface area contributed by atoms with Gasteiger partial charge in [-0.3, -0.25) is 0 Å². The lowest BCUT2D eigenvalue weighted by atomic mass is 10.1. The van der Waals surface area contributed by atoms with Crippen molar-refractivity contribution < 1.29 is 14.3 Å². The van der Waals surface area contributed by atoms with E-state index in [9.17, 15) is 9.59 Å². The molecule has 2 heterocycles. The number of para-hydroxylation sites is 1. The number of carbonyl (C=O) groups excluding carboxylic acids is 2. The zero-order valence-corrected chi connectivity index (χ0v) is 16.5. The topological polar surface area (TPSA) is 73.9 Å². The molecule has 7 nitrogen and oxygen atoms in total. The molecule has 2 aliphatic heterocycles. The first kappa shape index (κ1) is 19.3. The molecule has 2 aromatic rings. The molecule has 2 aromatic carbocycles. The molecule has 4 rings (SSSR count). The molecule has 0 bridgehead atoms. The quantitative estimate of drug-likeness (QED) is 0.836. The van der Waals surface area contributed by atoms with Crippen LogP contribution in [0.15, 0.2) is 54.6 Å². The molecule has 7 heteroatoms. The van der Waals surface area contributed by atoms with E-state index in [4.69, 9.17) is 4.74 Å². The molecule has 0 radical (unpaired) electrons. The minimum absolute atomic E-state index is 0.0526. The number of hydrogen-bond donors (Lipinski definition) is 2. The molecule has 29 heavy (non-hydrogen) atoms. The van der Waals surface area contributed by atoms with Crippen molar-refractivity contribution in [2.45, 2.75) is 25.7 Å². The Balaban J connectivity index is 1.45. The van der Waals surface area contributed by atoms with Crippen LogP contribution in [0, 0.1) is 0 Å². The standard InChI is InChI=1S/C22H26N4O3/c1-16-13-26(15-20(29-16)17-7-3-2-4-8-17)22(28)24-19-10-6-5-9-18(19)14-25-12-11-23-21(25)27/h2-10,16,20H,11-15H2,1H3,(H,23,27)(H,24,28)/t16-,20-/m0/s1. The van der Waals surface area contributed by atoms with E-state index in [1.54, 1.807) is 9.80 Å². The number of urea groups is 2. The van der Waals surface area contributed by atoms with Crippen LogP contribution in [-0.4, -0.2) is 54.1 Å². The summed E-state index contributed by atoms with van der Waals surface area (Å²) in [5.74, 6) is 0. The zero-order chi connectivity index (χ0) is 20.2. The van der Waals surface area contributed by atoms with E-state index >= 15 is 0 Å². The molecule has 2 aliphatic rings. The summed E-state index contributed by atoms with van der Waals surface area (Å²) >= 11 is 0. The molecule has 0 aromatic heterocycles. The van der Waals surface area contributed by atoms with Gasteiger partial charge in [-0.15, -0.1) is 0 Å². The van der Waals surface area contributed by atoms with E-state index in [1.807, 2.05) is 61.5 Å². The number of nitrogens with one attached hydrogen (secondary N) is 2. The highest BCUT2D eigenvalue weighted by atomic mass is 16.5. The lowest BCUT2D eigenvalue weighted by Gasteiger charge is -2.37. The van der Waals surface area contributed by atoms with Crippen molar-refractivity contribution in [2.24, 2.45) is 0 Å². The van der Waals surface area contributed by atoms with E-state index in [1.165, 1.54) is 0 Å². The van der Waals surface area contributed by atoms with Crippen LogP contribution in [-0.2, 0) is 11.3 Å². The highest BCUT2D eigenvalue weighted by Gasteiger charge is 2.30. The lowest BCUT2D eigenvalue weighted by Crippen LogP contribution is -2.47. The fourth-order valence-corrected chi connectivity index (χ4v) is 3.81. The Hall–Kier alpha value is -3.06. The van der Waals surface area contributed by atoms with Gasteiger partial charge in [0.05, 0.1) is 12.6 Å². The minimum atomic E-state index is -0.153. The molecule has 152 valence electrons. The SMILES string of the molecule is C[C@H]1CN(C(=O)Nc2ccccc2CN2CCNC2=O)C[C@@H](c2ccccc2)O1. The fraction of sp³-hybridized carbons (Fsp3) is 0.364. The summed E-state index contributed by atoms with van der Waals surface area (Å²) in [6.07, 6.45) is -0.197. The predicted octanol–water partition coefficient (Wildman–Crippen LogP) is 3.21. The molecule has 0 spiro atoms. The van der Waals surface area contributed by atoms with Crippen molar-refractivity contribution in [3.63, 3.8) is 0 Å². The van der Waals surface area contributed by atoms with Crippen LogP contribution in [0.4, 0.5) is 15.3 Å². The number of morpholine rings is 1. The first-order valence-electron chi connectivity index (χ1n) is 9.97. The second kappa shape index (κ2) is 8.53. The van der Waals surface area contributed by atoms with Crippen LogP contribution in [0.5, 0.6) is 0 Å². The van der Waals surface area contributed by atoms with Crippen molar-refractivity contribution in [1.29, 1.82) is 0 Å². The highest BCUT2D eigenvalue weighted by Crippen LogP contribution is 2.26. The predicted molar refractivity (Wildman–Crippen MR) is 111 cm³/mol. The van der Waals surface area contributed by atoms with Gasteiger partial charge in [-0.2, -0.15) is 0 Å². The largest absolute Gasteiger partial charge is 0.367 e. The van der Waals surface area contributed by atoms with Crippen molar-refractivity contribution in [3.05, 3.63) is 65.7 Å². The van der Waals surface area contributed by atoms with Crippen LogP contribution in [0.25, 0.3) is 0 Å². The van der Waals surface area contributed by atoms with E-state index in [2.05, 4.69) is 10.6 Å². The third kappa shape index (κ3) is 4.51. The monoisotopic (exact) mass is 394 g/mol. The molecule has 2 fully saturated rings. The average molecular weight is 394 g/mol. The summed E-state index contributed by atoms with van der Waals surface area (Å²) in [4.78, 5) is 28.4. The first-order valence-corrected chi connectivity index (χ1v) is 9.97. The first-order chi connectivity index (χ1) is 14.1. The maximum atomic E-state index is 13.0. The van der Waals surface area contributed by atoms with E-state index in [-0.39, 0.29) is 24.3 Å². The Bertz CT molecular complexity index is 873. The lowest BCUT2D eigenvalue weighted by molar-refractivity contribution is -0.0642. The van der Waals surface area contributed by atoms with Crippen molar-refractivity contribution in [3.8, 4) is 0 Å². The van der Waals surface area contributed by atoms with Crippen LogP contribution < -0.4 is 10.6 Å². The third-order valence-corrected chi connectivity index (χ3v) is 5.28. The highest BCUT2D eigenvalue weighted by molar-refractivity contribution is 5.90. The van der Waals surface area contributed by atoms with Gasteiger partial charge in [0, 0.05) is 31.9 Å². The molecule has 2 saturated heterocycles. The number of benzene rings is 2. The average Bonchev–Trinajstić information content (AvgIpc) is 3.14. The Labute approximate surface area is 170 Å². The smallest absolute Gasteiger partial charge is 0.322 e. The molecule has 4 amide bonds.